The highest BCUT2D eigenvalue weighted by atomic mass is 127. The Labute approximate surface area is 127 Å². The number of hydrogen-bond donors (Lipinski definition) is 1. The van der Waals surface area contributed by atoms with Crippen LogP contribution in [0.3, 0.4) is 0 Å². The fourth-order valence-electron chi connectivity index (χ4n) is 2.66. The second-order valence-corrected chi connectivity index (χ2v) is 6.30. The molecule has 4 nitrogen and oxygen atoms in total. The maximum Gasteiger partial charge on any atom is 0.282 e. The Morgan fingerprint density at radius 1 is 1.32 bits per heavy atom. The van der Waals surface area contributed by atoms with Crippen molar-refractivity contribution in [1.82, 2.24) is 0 Å². The van der Waals surface area contributed by atoms with Crippen LogP contribution in [0.15, 0.2) is 18.2 Å². The fourth-order valence-corrected chi connectivity index (χ4v) is 3.37. The number of anilines is 1. The summed E-state index contributed by atoms with van der Waals surface area (Å²) in [4.78, 5) is 10.4. The van der Waals surface area contributed by atoms with Crippen molar-refractivity contribution in [2.24, 2.45) is 5.92 Å². The van der Waals surface area contributed by atoms with Gasteiger partial charge in [0.05, 0.1) is 8.49 Å². The van der Waals surface area contributed by atoms with Crippen LogP contribution in [-0.4, -0.2) is 11.5 Å². The van der Waals surface area contributed by atoms with E-state index < -0.39 is 0 Å². The Balaban J connectivity index is 1.82. The number of nitro benzene ring substituents is 1. The van der Waals surface area contributed by atoms with E-state index in [1.165, 1.54) is 38.5 Å². The van der Waals surface area contributed by atoms with Gasteiger partial charge in [-0.2, -0.15) is 0 Å². The van der Waals surface area contributed by atoms with Crippen LogP contribution in [0.25, 0.3) is 0 Å². The van der Waals surface area contributed by atoms with Gasteiger partial charge in [0.1, 0.15) is 0 Å². The molecular formula is C14H19IN2O2. The van der Waals surface area contributed by atoms with E-state index >= 15 is 0 Å². The second kappa shape index (κ2) is 7.07. The number of nitrogens with zero attached hydrogens (tertiary/aromatic N) is 1. The Morgan fingerprint density at radius 2 is 2.05 bits per heavy atom. The summed E-state index contributed by atoms with van der Waals surface area (Å²) in [6, 6.07) is 5.21. The highest BCUT2D eigenvalue weighted by molar-refractivity contribution is 14.1. The summed E-state index contributed by atoms with van der Waals surface area (Å²) in [5.41, 5.74) is 1.16. The largest absolute Gasteiger partial charge is 0.385 e. The first-order valence-electron chi connectivity index (χ1n) is 6.84. The lowest BCUT2D eigenvalue weighted by atomic mass is 9.87. The van der Waals surface area contributed by atoms with Crippen LogP contribution in [0.1, 0.15) is 38.5 Å². The molecule has 104 valence electrons. The highest BCUT2D eigenvalue weighted by Gasteiger charge is 2.14. The summed E-state index contributed by atoms with van der Waals surface area (Å²) in [6.45, 7) is 0.957. The first-order chi connectivity index (χ1) is 9.16. The molecule has 0 heterocycles. The zero-order valence-corrected chi connectivity index (χ0v) is 13.1. The van der Waals surface area contributed by atoms with Gasteiger partial charge < -0.3 is 5.32 Å². The number of nitrogens with one attached hydrogen (secondary N) is 1. The molecule has 1 N–H and O–H groups in total. The standard InChI is InChI=1S/C14H19IN2O2/c15-13-10-12(6-7-14(13)17(18)19)16-9-8-11-4-2-1-3-5-11/h6-7,10-11,16H,1-5,8-9H2. The Bertz CT molecular complexity index is 445. The van der Waals surface area contributed by atoms with Gasteiger partial charge in [0.15, 0.2) is 0 Å². The zero-order chi connectivity index (χ0) is 13.7. The van der Waals surface area contributed by atoms with E-state index in [2.05, 4.69) is 5.32 Å². The fraction of sp³-hybridized carbons (Fsp3) is 0.571. The maximum atomic E-state index is 10.7. The third kappa shape index (κ3) is 4.33. The molecule has 0 radical (unpaired) electrons. The van der Waals surface area contributed by atoms with Gasteiger partial charge in [-0.05, 0) is 47.1 Å². The van der Waals surface area contributed by atoms with Gasteiger partial charge in [0, 0.05) is 18.3 Å². The molecule has 0 saturated heterocycles. The van der Waals surface area contributed by atoms with E-state index in [0.29, 0.717) is 3.57 Å². The summed E-state index contributed by atoms with van der Waals surface area (Å²) in [5, 5.41) is 14.1. The molecule has 1 aromatic rings. The molecule has 1 aromatic carbocycles. The SMILES string of the molecule is O=[N+]([O-])c1ccc(NCCC2CCCCC2)cc1I. The van der Waals surface area contributed by atoms with E-state index in [-0.39, 0.29) is 10.6 Å². The molecule has 1 aliphatic rings. The molecule has 0 unspecified atom stereocenters. The van der Waals surface area contributed by atoms with Gasteiger partial charge in [-0.1, -0.05) is 32.1 Å². The van der Waals surface area contributed by atoms with Crippen molar-refractivity contribution in [3.63, 3.8) is 0 Å². The van der Waals surface area contributed by atoms with E-state index in [1.807, 2.05) is 28.7 Å². The number of nitro groups is 1. The summed E-state index contributed by atoms with van der Waals surface area (Å²) in [6.07, 6.45) is 8.07. The zero-order valence-electron chi connectivity index (χ0n) is 10.9. The third-order valence-corrected chi connectivity index (χ3v) is 4.61. The van der Waals surface area contributed by atoms with Crippen molar-refractivity contribution in [1.29, 1.82) is 0 Å². The van der Waals surface area contributed by atoms with Crippen molar-refractivity contribution in [3.05, 3.63) is 31.9 Å². The van der Waals surface area contributed by atoms with Crippen LogP contribution in [0.4, 0.5) is 11.4 Å². The Kier molecular flexibility index (Phi) is 5.42. The van der Waals surface area contributed by atoms with Crippen molar-refractivity contribution < 1.29 is 4.92 Å². The van der Waals surface area contributed by atoms with Gasteiger partial charge in [-0.15, -0.1) is 0 Å². The van der Waals surface area contributed by atoms with Crippen molar-refractivity contribution in [2.75, 3.05) is 11.9 Å². The summed E-state index contributed by atoms with van der Waals surface area (Å²) >= 11 is 2.01. The summed E-state index contributed by atoms with van der Waals surface area (Å²) in [7, 11) is 0. The van der Waals surface area contributed by atoms with E-state index in [9.17, 15) is 10.1 Å². The average molecular weight is 374 g/mol. The van der Waals surface area contributed by atoms with Crippen LogP contribution < -0.4 is 5.32 Å². The van der Waals surface area contributed by atoms with Crippen molar-refractivity contribution >= 4 is 34.0 Å². The molecule has 1 fully saturated rings. The topological polar surface area (TPSA) is 55.2 Å². The van der Waals surface area contributed by atoms with Crippen LogP contribution in [-0.2, 0) is 0 Å². The molecule has 0 spiro atoms. The number of rotatable bonds is 5. The Morgan fingerprint density at radius 3 is 2.68 bits per heavy atom. The predicted molar refractivity (Wildman–Crippen MR) is 85.5 cm³/mol. The normalized spacial score (nSPS) is 16.3. The molecule has 1 saturated carbocycles. The van der Waals surface area contributed by atoms with Gasteiger partial charge in [-0.25, -0.2) is 0 Å². The number of benzene rings is 1. The molecule has 0 aliphatic heterocycles. The lowest BCUT2D eigenvalue weighted by Crippen LogP contribution is -2.12. The smallest absolute Gasteiger partial charge is 0.282 e. The minimum atomic E-state index is -0.340. The van der Waals surface area contributed by atoms with E-state index in [4.69, 9.17) is 0 Å². The average Bonchev–Trinajstić information content (AvgIpc) is 2.39. The molecular weight excluding hydrogens is 355 g/mol. The van der Waals surface area contributed by atoms with Crippen molar-refractivity contribution in [2.45, 2.75) is 38.5 Å². The first kappa shape index (κ1) is 14.6. The quantitative estimate of drug-likeness (QED) is 0.466. The molecule has 19 heavy (non-hydrogen) atoms. The van der Waals surface area contributed by atoms with E-state index in [1.54, 1.807) is 12.1 Å². The minimum absolute atomic E-state index is 0.179. The molecule has 0 atom stereocenters. The molecule has 0 bridgehead atoms. The Hall–Kier alpha value is -0.850. The van der Waals surface area contributed by atoms with Gasteiger partial charge in [0.2, 0.25) is 0 Å². The van der Waals surface area contributed by atoms with Crippen LogP contribution in [0.2, 0.25) is 0 Å². The van der Waals surface area contributed by atoms with Gasteiger partial charge >= 0.3 is 0 Å². The highest BCUT2D eigenvalue weighted by Crippen LogP contribution is 2.27. The van der Waals surface area contributed by atoms with Gasteiger partial charge in [0.25, 0.3) is 5.69 Å². The lowest BCUT2D eigenvalue weighted by molar-refractivity contribution is -0.385. The summed E-state index contributed by atoms with van der Waals surface area (Å²) < 4.78 is 0.685. The maximum absolute atomic E-state index is 10.7. The molecule has 2 rings (SSSR count). The second-order valence-electron chi connectivity index (χ2n) is 5.14. The van der Waals surface area contributed by atoms with Crippen LogP contribution in [0.5, 0.6) is 0 Å². The molecule has 0 amide bonds. The minimum Gasteiger partial charge on any atom is -0.385 e. The first-order valence-corrected chi connectivity index (χ1v) is 7.92. The lowest BCUT2D eigenvalue weighted by Gasteiger charge is -2.21. The monoisotopic (exact) mass is 374 g/mol. The molecule has 5 heteroatoms. The van der Waals surface area contributed by atoms with Crippen LogP contribution >= 0.6 is 22.6 Å². The van der Waals surface area contributed by atoms with E-state index in [0.717, 1.165) is 18.2 Å². The summed E-state index contributed by atoms with van der Waals surface area (Å²) in [5.74, 6) is 0.860. The predicted octanol–water partition coefficient (Wildman–Crippen LogP) is 4.58. The van der Waals surface area contributed by atoms with Crippen molar-refractivity contribution in [3.8, 4) is 0 Å². The van der Waals surface area contributed by atoms with Crippen LogP contribution in [0, 0.1) is 19.6 Å². The number of hydrogen-bond acceptors (Lipinski definition) is 3. The molecule has 1 aliphatic carbocycles. The third-order valence-electron chi connectivity index (χ3n) is 3.75. The van der Waals surface area contributed by atoms with Gasteiger partial charge in [-0.3, -0.25) is 10.1 Å². The number of halogens is 1. The molecule has 0 aromatic heterocycles.